The molecule has 0 aliphatic carbocycles. The van der Waals surface area contributed by atoms with E-state index in [9.17, 15) is 0 Å². The van der Waals surface area contributed by atoms with Crippen LogP contribution in [0.25, 0.3) is 43.6 Å². The SMILES string of the molecule is Cc1c2c(c(CC(C)(C)C)c3ccccc13)Oc1cc3cccc(C(C)(C)C)c3c3cc[n+](C)c-2c13. The minimum atomic E-state index is 0.0427. The van der Waals surface area contributed by atoms with E-state index in [2.05, 4.69) is 121 Å². The zero-order valence-electron chi connectivity index (χ0n) is 22.8. The van der Waals surface area contributed by atoms with E-state index in [0.717, 1.165) is 17.9 Å². The maximum absolute atomic E-state index is 6.99. The first-order chi connectivity index (χ1) is 17.0. The van der Waals surface area contributed by atoms with E-state index in [1.165, 1.54) is 60.3 Å². The van der Waals surface area contributed by atoms with E-state index in [1.54, 1.807) is 0 Å². The fraction of sp³-hybridized carbons (Fsp3) is 0.324. The maximum Gasteiger partial charge on any atom is 0.228 e. The quantitative estimate of drug-likeness (QED) is 0.171. The van der Waals surface area contributed by atoms with Gasteiger partial charge in [-0.1, -0.05) is 84.0 Å². The molecular formula is C34H36NO+. The van der Waals surface area contributed by atoms with Gasteiger partial charge in [-0.3, -0.25) is 0 Å². The molecule has 36 heavy (non-hydrogen) atoms. The van der Waals surface area contributed by atoms with Gasteiger partial charge in [-0.25, -0.2) is 4.57 Å². The summed E-state index contributed by atoms with van der Waals surface area (Å²) in [7, 11) is 2.17. The number of rotatable bonds is 1. The van der Waals surface area contributed by atoms with Gasteiger partial charge in [0, 0.05) is 17.0 Å². The lowest BCUT2D eigenvalue weighted by Crippen LogP contribution is -2.32. The highest BCUT2D eigenvalue weighted by Crippen LogP contribution is 2.53. The third kappa shape index (κ3) is 3.34. The Hall–Kier alpha value is -3.39. The monoisotopic (exact) mass is 474 g/mol. The van der Waals surface area contributed by atoms with Crippen molar-refractivity contribution in [1.82, 2.24) is 0 Å². The fourth-order valence-corrected chi connectivity index (χ4v) is 6.18. The van der Waals surface area contributed by atoms with Crippen molar-refractivity contribution in [2.75, 3.05) is 0 Å². The molecule has 1 aromatic heterocycles. The van der Waals surface area contributed by atoms with Gasteiger partial charge in [-0.2, -0.15) is 0 Å². The Morgan fingerprint density at radius 1 is 0.806 bits per heavy atom. The molecule has 1 aliphatic rings. The average molecular weight is 475 g/mol. The third-order valence-corrected chi connectivity index (χ3v) is 7.72. The summed E-state index contributed by atoms with van der Waals surface area (Å²) in [5.74, 6) is 2.00. The summed E-state index contributed by atoms with van der Waals surface area (Å²) >= 11 is 0. The lowest BCUT2D eigenvalue weighted by atomic mass is 9.80. The molecule has 0 spiro atoms. The number of hydrogen-bond donors (Lipinski definition) is 0. The van der Waals surface area contributed by atoms with Crippen LogP contribution in [0.4, 0.5) is 0 Å². The van der Waals surface area contributed by atoms with Gasteiger partial charge in [0.05, 0.1) is 10.9 Å². The normalized spacial score (nSPS) is 13.3. The predicted octanol–water partition coefficient (Wildman–Crippen LogP) is 8.94. The summed E-state index contributed by atoms with van der Waals surface area (Å²) in [6.07, 6.45) is 3.18. The molecule has 0 unspecified atom stereocenters. The minimum absolute atomic E-state index is 0.0427. The highest BCUT2D eigenvalue weighted by Gasteiger charge is 2.35. The maximum atomic E-state index is 6.99. The van der Waals surface area contributed by atoms with Crippen LogP contribution in [0, 0.1) is 12.3 Å². The van der Waals surface area contributed by atoms with Crippen LogP contribution in [0.3, 0.4) is 0 Å². The van der Waals surface area contributed by atoms with Gasteiger partial charge in [-0.05, 0) is 62.9 Å². The van der Waals surface area contributed by atoms with Gasteiger partial charge in [0.25, 0.3) is 0 Å². The molecule has 0 saturated carbocycles. The molecule has 2 heteroatoms. The third-order valence-electron chi connectivity index (χ3n) is 7.72. The van der Waals surface area contributed by atoms with E-state index in [0.29, 0.717) is 0 Å². The molecule has 0 amide bonds. The standard InChI is InChI=1S/C34H36NO/c1-20-22-13-9-10-14-23(22)25(19-33(2,3)4)32-28(20)31-30-24(16-17-35(31)8)29-21(18-27(30)36-32)12-11-15-26(29)34(5,6)7/h9-18H,19H2,1-8H3/q+1. The molecule has 0 radical (unpaired) electrons. The molecule has 182 valence electrons. The molecule has 0 saturated heterocycles. The number of ether oxygens (including phenoxy) is 1. The second-order valence-electron chi connectivity index (χ2n) is 12.8. The van der Waals surface area contributed by atoms with E-state index in [1.807, 2.05) is 0 Å². The fourth-order valence-electron chi connectivity index (χ4n) is 6.18. The molecule has 0 bridgehead atoms. The van der Waals surface area contributed by atoms with Crippen LogP contribution in [0.2, 0.25) is 0 Å². The molecule has 4 aromatic carbocycles. The van der Waals surface area contributed by atoms with E-state index in [-0.39, 0.29) is 10.8 Å². The van der Waals surface area contributed by atoms with Crippen molar-refractivity contribution in [3.8, 4) is 22.8 Å². The van der Waals surface area contributed by atoms with Crippen LogP contribution in [0.5, 0.6) is 11.5 Å². The second kappa shape index (κ2) is 7.56. The van der Waals surface area contributed by atoms with E-state index in [4.69, 9.17) is 4.74 Å². The van der Waals surface area contributed by atoms with Crippen molar-refractivity contribution in [2.24, 2.45) is 12.5 Å². The number of benzene rings is 4. The molecule has 1 aliphatic heterocycles. The van der Waals surface area contributed by atoms with Crippen molar-refractivity contribution >= 4 is 32.3 Å². The highest BCUT2D eigenvalue weighted by molar-refractivity contribution is 6.17. The molecule has 2 heterocycles. The largest absolute Gasteiger partial charge is 0.455 e. The Morgan fingerprint density at radius 2 is 1.53 bits per heavy atom. The van der Waals surface area contributed by atoms with Crippen LogP contribution < -0.4 is 9.30 Å². The summed E-state index contributed by atoms with van der Waals surface area (Å²) in [6.45, 7) is 16.1. The van der Waals surface area contributed by atoms with Gasteiger partial charge in [0.15, 0.2) is 6.20 Å². The molecule has 0 fully saturated rings. The first-order valence-corrected chi connectivity index (χ1v) is 13.1. The Labute approximate surface area is 214 Å². The zero-order chi connectivity index (χ0) is 25.6. The van der Waals surface area contributed by atoms with Gasteiger partial charge in [0.1, 0.15) is 18.5 Å². The smallest absolute Gasteiger partial charge is 0.228 e. The first-order valence-electron chi connectivity index (χ1n) is 13.1. The number of pyridine rings is 1. The summed E-state index contributed by atoms with van der Waals surface area (Å²) in [5.41, 5.74) is 6.64. The summed E-state index contributed by atoms with van der Waals surface area (Å²) in [6, 6.07) is 20.1. The average Bonchev–Trinajstić information content (AvgIpc) is 2.81. The summed E-state index contributed by atoms with van der Waals surface area (Å²) in [4.78, 5) is 0. The van der Waals surface area contributed by atoms with Crippen molar-refractivity contribution in [2.45, 2.75) is 60.3 Å². The van der Waals surface area contributed by atoms with E-state index < -0.39 is 0 Å². The number of hydrogen-bond acceptors (Lipinski definition) is 1. The number of aryl methyl sites for hydroxylation is 2. The number of fused-ring (bicyclic) bond motifs is 5. The molecule has 5 aromatic rings. The van der Waals surface area contributed by atoms with Crippen LogP contribution in [-0.4, -0.2) is 0 Å². The predicted molar refractivity (Wildman–Crippen MR) is 152 cm³/mol. The van der Waals surface area contributed by atoms with Crippen LogP contribution in [0.1, 0.15) is 58.2 Å². The van der Waals surface area contributed by atoms with Crippen LogP contribution in [0.15, 0.2) is 60.8 Å². The molecular weight excluding hydrogens is 438 g/mol. The van der Waals surface area contributed by atoms with Crippen LogP contribution >= 0.6 is 0 Å². The summed E-state index contributed by atoms with van der Waals surface area (Å²) in [5, 5.41) is 7.69. The molecule has 0 atom stereocenters. The first kappa shape index (κ1) is 23.0. The van der Waals surface area contributed by atoms with Gasteiger partial charge in [-0.15, -0.1) is 0 Å². The van der Waals surface area contributed by atoms with Crippen molar-refractivity contribution < 1.29 is 9.30 Å². The van der Waals surface area contributed by atoms with E-state index >= 15 is 0 Å². The molecule has 6 rings (SSSR count). The Morgan fingerprint density at radius 3 is 2.22 bits per heavy atom. The highest BCUT2D eigenvalue weighted by atomic mass is 16.5. The Balaban J connectivity index is 1.82. The van der Waals surface area contributed by atoms with Crippen molar-refractivity contribution in [1.29, 1.82) is 0 Å². The molecule has 2 nitrogen and oxygen atoms in total. The number of nitrogens with zero attached hydrogens (tertiary/aromatic N) is 1. The second-order valence-corrected chi connectivity index (χ2v) is 12.8. The minimum Gasteiger partial charge on any atom is -0.455 e. The number of aromatic nitrogens is 1. The van der Waals surface area contributed by atoms with Gasteiger partial charge < -0.3 is 4.74 Å². The van der Waals surface area contributed by atoms with Gasteiger partial charge >= 0.3 is 0 Å². The topological polar surface area (TPSA) is 13.1 Å². The van der Waals surface area contributed by atoms with Crippen LogP contribution in [-0.2, 0) is 18.9 Å². The van der Waals surface area contributed by atoms with Crippen molar-refractivity contribution in [3.63, 3.8) is 0 Å². The molecule has 0 N–H and O–H groups in total. The Kier molecular flexibility index (Phi) is 4.83. The Bertz CT molecular complexity index is 1710. The lowest BCUT2D eigenvalue weighted by molar-refractivity contribution is -0.659. The zero-order valence-corrected chi connectivity index (χ0v) is 22.8. The van der Waals surface area contributed by atoms with Gasteiger partial charge in [0.2, 0.25) is 5.69 Å². The summed E-state index contributed by atoms with van der Waals surface area (Å²) < 4.78 is 9.28. The van der Waals surface area contributed by atoms with Crippen molar-refractivity contribution in [3.05, 3.63) is 77.5 Å². The lowest BCUT2D eigenvalue weighted by Gasteiger charge is -2.29.